The quantitative estimate of drug-likeness (QED) is 0.335. The Morgan fingerprint density at radius 3 is 2.83 bits per heavy atom. The number of amides is 1. The van der Waals surface area contributed by atoms with Crippen molar-refractivity contribution in [2.45, 2.75) is 6.10 Å². The van der Waals surface area contributed by atoms with Crippen LogP contribution in [0.2, 0.25) is 0 Å². The Bertz CT molecular complexity index is 1400. The number of nitrogens with one attached hydrogen (secondary N) is 2. The molecule has 11 heteroatoms. The highest BCUT2D eigenvalue weighted by molar-refractivity contribution is 5.99. The van der Waals surface area contributed by atoms with Gasteiger partial charge in [0.05, 0.1) is 36.9 Å². The van der Waals surface area contributed by atoms with Gasteiger partial charge in [0.15, 0.2) is 0 Å². The van der Waals surface area contributed by atoms with Crippen molar-refractivity contribution < 1.29 is 14.6 Å². The number of hydrogen-bond donors (Lipinski definition) is 3. The summed E-state index contributed by atoms with van der Waals surface area (Å²) in [5.74, 6) is 0.880. The lowest BCUT2D eigenvalue weighted by Crippen LogP contribution is -2.44. The lowest BCUT2D eigenvalue weighted by atomic mass is 10.1. The molecule has 0 radical (unpaired) electrons. The molecule has 5 rings (SSSR count). The number of rotatable bonds is 7. The van der Waals surface area contributed by atoms with E-state index in [1.165, 1.54) is 6.08 Å². The van der Waals surface area contributed by atoms with Crippen LogP contribution < -0.4 is 15.5 Å². The Morgan fingerprint density at radius 2 is 2.03 bits per heavy atom. The van der Waals surface area contributed by atoms with Crippen LogP contribution in [0, 0.1) is 0 Å². The number of hydrogen-bond acceptors (Lipinski definition) is 10. The zero-order valence-corrected chi connectivity index (χ0v) is 19.3. The van der Waals surface area contributed by atoms with E-state index in [2.05, 4.69) is 47.0 Å². The first-order valence-corrected chi connectivity index (χ1v) is 11.3. The molecule has 1 fully saturated rings. The summed E-state index contributed by atoms with van der Waals surface area (Å²) in [5, 5.41) is 16.1. The number of carbonyl (C=O) groups excluding carboxylic acids is 1. The molecule has 0 unspecified atom stereocenters. The normalized spacial score (nSPS) is 15.5. The van der Waals surface area contributed by atoms with E-state index in [1.807, 2.05) is 18.2 Å². The minimum atomic E-state index is -0.312. The SMILES string of the molecule is C=CC(=O)Nc1ccnc(-c2nccc3cnc(Nc4ccc(N5CCO[C@@H](CO)C5)nc4)nc23)c1. The summed E-state index contributed by atoms with van der Waals surface area (Å²) in [6, 6.07) is 9.05. The predicted octanol–water partition coefficient (Wildman–Crippen LogP) is 2.55. The van der Waals surface area contributed by atoms with Crippen LogP contribution in [0.25, 0.3) is 22.3 Å². The lowest BCUT2D eigenvalue weighted by molar-refractivity contribution is -0.111. The maximum atomic E-state index is 11.7. The van der Waals surface area contributed by atoms with Crippen molar-refractivity contribution in [2.24, 2.45) is 0 Å². The Kier molecular flexibility index (Phi) is 6.74. The van der Waals surface area contributed by atoms with Crippen LogP contribution in [-0.2, 0) is 9.53 Å². The van der Waals surface area contributed by atoms with Gasteiger partial charge in [-0.25, -0.2) is 15.0 Å². The van der Waals surface area contributed by atoms with Gasteiger partial charge in [-0.1, -0.05) is 6.58 Å². The van der Waals surface area contributed by atoms with E-state index in [0.29, 0.717) is 48.2 Å². The molecule has 11 nitrogen and oxygen atoms in total. The molecule has 182 valence electrons. The fourth-order valence-electron chi connectivity index (χ4n) is 3.85. The number of fused-ring (bicyclic) bond motifs is 1. The van der Waals surface area contributed by atoms with Crippen molar-refractivity contribution in [3.8, 4) is 11.4 Å². The number of anilines is 4. The monoisotopic (exact) mass is 484 g/mol. The van der Waals surface area contributed by atoms with Crippen LogP contribution in [0.5, 0.6) is 0 Å². The van der Waals surface area contributed by atoms with Crippen LogP contribution in [0.3, 0.4) is 0 Å². The molecule has 0 bridgehead atoms. The van der Waals surface area contributed by atoms with Gasteiger partial charge >= 0.3 is 0 Å². The topological polar surface area (TPSA) is 138 Å². The van der Waals surface area contributed by atoms with Gasteiger partial charge in [-0.05, 0) is 36.4 Å². The van der Waals surface area contributed by atoms with E-state index in [0.717, 1.165) is 16.9 Å². The smallest absolute Gasteiger partial charge is 0.247 e. The molecule has 4 aromatic heterocycles. The molecular weight excluding hydrogens is 460 g/mol. The minimum Gasteiger partial charge on any atom is -0.394 e. The van der Waals surface area contributed by atoms with Crippen molar-refractivity contribution >= 4 is 40.0 Å². The number of morpholine rings is 1. The number of aliphatic hydroxyl groups is 1. The lowest BCUT2D eigenvalue weighted by Gasteiger charge is -2.32. The first-order chi connectivity index (χ1) is 17.6. The summed E-state index contributed by atoms with van der Waals surface area (Å²) in [6.45, 7) is 5.31. The maximum Gasteiger partial charge on any atom is 0.247 e. The fourth-order valence-corrected chi connectivity index (χ4v) is 3.85. The molecule has 1 aliphatic heterocycles. The molecule has 3 N–H and O–H groups in total. The van der Waals surface area contributed by atoms with Gasteiger partial charge in [0, 0.05) is 42.8 Å². The number of aliphatic hydroxyl groups excluding tert-OH is 1. The highest BCUT2D eigenvalue weighted by Gasteiger charge is 2.20. The average Bonchev–Trinajstić information content (AvgIpc) is 2.93. The number of carbonyl (C=O) groups is 1. The second kappa shape index (κ2) is 10.4. The largest absolute Gasteiger partial charge is 0.394 e. The highest BCUT2D eigenvalue weighted by atomic mass is 16.5. The molecule has 0 spiro atoms. The Balaban J connectivity index is 1.38. The molecule has 1 amide bonds. The third kappa shape index (κ3) is 5.11. The number of pyridine rings is 3. The zero-order chi connectivity index (χ0) is 24.9. The Morgan fingerprint density at radius 1 is 1.14 bits per heavy atom. The summed E-state index contributed by atoms with van der Waals surface area (Å²) in [4.78, 5) is 36.3. The maximum absolute atomic E-state index is 11.7. The Hall–Kier alpha value is -4.48. The molecule has 1 atom stereocenters. The zero-order valence-electron chi connectivity index (χ0n) is 19.3. The second-order valence-electron chi connectivity index (χ2n) is 8.07. The molecule has 1 aliphatic rings. The standard InChI is InChI=1S/C25H24N8O3/c1-2-22(35)30-17-6-8-26-20(11-17)24-23-16(5-7-27-24)12-29-25(32-23)31-18-3-4-21(28-13-18)33-9-10-36-19(14-33)15-34/h2-8,11-13,19,34H,1,9-10,14-15H2,(H,26,30,35)(H,29,31,32)/t19-/m1/s1. The molecule has 0 aliphatic carbocycles. The minimum absolute atomic E-state index is 0.0183. The van der Waals surface area contributed by atoms with E-state index >= 15 is 0 Å². The van der Waals surface area contributed by atoms with E-state index in [9.17, 15) is 9.90 Å². The van der Waals surface area contributed by atoms with Crippen molar-refractivity contribution in [1.29, 1.82) is 0 Å². The predicted molar refractivity (Wildman–Crippen MR) is 136 cm³/mol. The summed E-state index contributed by atoms with van der Waals surface area (Å²) < 4.78 is 5.51. The van der Waals surface area contributed by atoms with Crippen LogP contribution >= 0.6 is 0 Å². The molecule has 36 heavy (non-hydrogen) atoms. The molecule has 0 saturated carbocycles. The van der Waals surface area contributed by atoms with Crippen LogP contribution in [-0.4, -0.2) is 68.3 Å². The number of nitrogens with zero attached hydrogens (tertiary/aromatic N) is 6. The third-order valence-corrected chi connectivity index (χ3v) is 5.63. The molecule has 0 aromatic carbocycles. The van der Waals surface area contributed by atoms with Gasteiger partial charge in [-0.3, -0.25) is 14.8 Å². The summed E-state index contributed by atoms with van der Waals surface area (Å²) >= 11 is 0. The van der Waals surface area contributed by atoms with Gasteiger partial charge in [0.25, 0.3) is 0 Å². The van der Waals surface area contributed by atoms with Crippen LogP contribution in [0.15, 0.2) is 67.8 Å². The first kappa shape index (κ1) is 23.3. The first-order valence-electron chi connectivity index (χ1n) is 11.3. The number of aromatic nitrogens is 5. The van der Waals surface area contributed by atoms with Gasteiger partial charge < -0.3 is 25.4 Å². The summed E-state index contributed by atoms with van der Waals surface area (Å²) in [6.07, 6.45) is 7.68. The van der Waals surface area contributed by atoms with E-state index in [4.69, 9.17) is 4.74 Å². The van der Waals surface area contributed by atoms with Crippen LogP contribution in [0.1, 0.15) is 0 Å². The van der Waals surface area contributed by atoms with Crippen molar-refractivity contribution in [2.75, 3.05) is 41.8 Å². The van der Waals surface area contributed by atoms with Gasteiger partial charge in [-0.15, -0.1) is 0 Å². The van der Waals surface area contributed by atoms with Crippen LogP contribution in [0.4, 0.5) is 23.1 Å². The van der Waals surface area contributed by atoms with Gasteiger partial charge in [0.1, 0.15) is 17.0 Å². The molecule has 5 heterocycles. The van der Waals surface area contributed by atoms with Gasteiger partial charge in [0.2, 0.25) is 11.9 Å². The summed E-state index contributed by atoms with van der Waals surface area (Å²) in [7, 11) is 0. The van der Waals surface area contributed by atoms with E-state index in [1.54, 1.807) is 36.9 Å². The number of ether oxygens (including phenoxy) is 1. The average molecular weight is 485 g/mol. The van der Waals surface area contributed by atoms with E-state index in [-0.39, 0.29) is 18.6 Å². The molecule has 4 aromatic rings. The summed E-state index contributed by atoms with van der Waals surface area (Å²) in [5.41, 5.74) is 3.04. The third-order valence-electron chi connectivity index (χ3n) is 5.63. The fraction of sp³-hybridized carbons (Fsp3) is 0.200. The van der Waals surface area contributed by atoms with Gasteiger partial charge in [-0.2, -0.15) is 0 Å². The molecule has 1 saturated heterocycles. The highest BCUT2D eigenvalue weighted by Crippen LogP contribution is 2.26. The Labute approximate surface area is 206 Å². The van der Waals surface area contributed by atoms with E-state index < -0.39 is 0 Å². The van der Waals surface area contributed by atoms with Crippen molar-refractivity contribution in [1.82, 2.24) is 24.9 Å². The van der Waals surface area contributed by atoms with Crippen molar-refractivity contribution in [3.05, 3.63) is 67.8 Å². The molecular formula is C25H24N8O3. The second-order valence-corrected chi connectivity index (χ2v) is 8.07. The van der Waals surface area contributed by atoms with Crippen molar-refractivity contribution in [3.63, 3.8) is 0 Å².